The Kier molecular flexibility index (Phi) is 7.88. The molecule has 46 heavy (non-hydrogen) atoms. The number of nitrogens with zero attached hydrogens (tertiary/aromatic N) is 5. The van der Waals surface area contributed by atoms with Crippen molar-refractivity contribution in [2.24, 2.45) is 0 Å². The summed E-state index contributed by atoms with van der Waals surface area (Å²) in [5, 5.41) is 4.49. The first-order valence-electron chi connectivity index (χ1n) is 15.0. The standard InChI is InChI=1S/C35H35ClFN5O4/c1-34(2,3)25-16-28(22-9-12-26(36)27(37)15-22)39-29-17-30(46-31(25)29)32(43)42-14-13-41(33(44)35(42,4)5)23-18-38-40(20-23)19-21-7-10-24(45-6)11-8-21/h7-12,15-18,20H,13-14,19H2,1-6H3. The Morgan fingerprint density at radius 3 is 2.50 bits per heavy atom. The number of rotatable bonds is 6. The summed E-state index contributed by atoms with van der Waals surface area (Å²) in [6.07, 6.45) is 3.50. The quantitative estimate of drug-likeness (QED) is 0.196. The van der Waals surface area contributed by atoms with E-state index in [0.29, 0.717) is 41.1 Å². The highest BCUT2D eigenvalue weighted by atomic mass is 35.5. The molecule has 1 aliphatic heterocycles. The van der Waals surface area contributed by atoms with Gasteiger partial charge in [0.15, 0.2) is 11.3 Å². The first-order valence-corrected chi connectivity index (χ1v) is 15.3. The number of piperazine rings is 1. The monoisotopic (exact) mass is 643 g/mol. The zero-order valence-corrected chi connectivity index (χ0v) is 27.4. The van der Waals surface area contributed by atoms with Gasteiger partial charge in [-0.05, 0) is 55.2 Å². The number of pyridine rings is 1. The molecule has 11 heteroatoms. The predicted molar refractivity (Wildman–Crippen MR) is 175 cm³/mol. The molecule has 6 rings (SSSR count). The van der Waals surface area contributed by atoms with Crippen LogP contribution in [0.5, 0.6) is 5.75 Å². The molecule has 4 heterocycles. The molecule has 0 saturated carbocycles. The summed E-state index contributed by atoms with van der Waals surface area (Å²) < 4.78 is 27.5. The highest BCUT2D eigenvalue weighted by molar-refractivity contribution is 6.30. The lowest BCUT2D eigenvalue weighted by molar-refractivity contribution is -0.129. The summed E-state index contributed by atoms with van der Waals surface area (Å²) in [6, 6.07) is 15.7. The predicted octanol–water partition coefficient (Wildman–Crippen LogP) is 7.11. The molecular weight excluding hydrogens is 609 g/mol. The number of methoxy groups -OCH3 is 1. The van der Waals surface area contributed by atoms with Crippen LogP contribution in [0.3, 0.4) is 0 Å². The molecule has 9 nitrogen and oxygen atoms in total. The average Bonchev–Trinajstić information content (AvgIpc) is 3.66. The molecule has 2 amide bonds. The van der Waals surface area contributed by atoms with E-state index < -0.39 is 17.3 Å². The van der Waals surface area contributed by atoms with E-state index in [4.69, 9.17) is 25.7 Å². The van der Waals surface area contributed by atoms with Crippen LogP contribution in [0.25, 0.3) is 22.4 Å². The Balaban J connectivity index is 1.26. The first kappa shape index (κ1) is 31.3. The molecule has 3 aromatic heterocycles. The van der Waals surface area contributed by atoms with E-state index in [1.54, 1.807) is 48.9 Å². The Morgan fingerprint density at radius 2 is 1.83 bits per heavy atom. The normalized spacial score (nSPS) is 15.1. The van der Waals surface area contributed by atoms with Crippen LogP contribution in [0, 0.1) is 5.82 Å². The van der Waals surface area contributed by atoms with Crippen LogP contribution in [0.4, 0.5) is 10.1 Å². The van der Waals surface area contributed by atoms with Crippen molar-refractivity contribution in [3.05, 3.63) is 94.7 Å². The van der Waals surface area contributed by atoms with Gasteiger partial charge in [0.05, 0.1) is 36.3 Å². The highest BCUT2D eigenvalue weighted by Gasteiger charge is 2.46. The maximum Gasteiger partial charge on any atom is 0.290 e. The third kappa shape index (κ3) is 5.73. The zero-order valence-electron chi connectivity index (χ0n) is 26.6. The van der Waals surface area contributed by atoms with E-state index in [1.807, 2.05) is 57.3 Å². The summed E-state index contributed by atoms with van der Waals surface area (Å²) in [4.78, 5) is 35.7. The molecule has 0 spiro atoms. The van der Waals surface area contributed by atoms with Crippen LogP contribution in [0.15, 0.2) is 71.4 Å². The van der Waals surface area contributed by atoms with Crippen LogP contribution < -0.4 is 9.64 Å². The number of ether oxygens (including phenoxy) is 1. The highest BCUT2D eigenvalue weighted by Crippen LogP contribution is 2.36. The van der Waals surface area contributed by atoms with Crippen molar-refractivity contribution in [3.63, 3.8) is 0 Å². The minimum absolute atomic E-state index is 0.0247. The number of benzene rings is 2. The van der Waals surface area contributed by atoms with Crippen molar-refractivity contribution >= 4 is 40.2 Å². The summed E-state index contributed by atoms with van der Waals surface area (Å²) >= 11 is 5.91. The third-order valence-corrected chi connectivity index (χ3v) is 8.69. The Hall–Kier alpha value is -4.70. The van der Waals surface area contributed by atoms with Gasteiger partial charge in [0.1, 0.15) is 22.6 Å². The largest absolute Gasteiger partial charge is 0.497 e. The minimum atomic E-state index is -1.17. The van der Waals surface area contributed by atoms with Gasteiger partial charge < -0.3 is 19.0 Å². The van der Waals surface area contributed by atoms with Gasteiger partial charge in [-0.25, -0.2) is 9.37 Å². The molecule has 0 radical (unpaired) electrons. The van der Waals surface area contributed by atoms with E-state index in [1.165, 1.54) is 17.0 Å². The SMILES string of the molecule is COc1ccc(Cn2cc(N3CCN(C(=O)c4cc5nc(-c6ccc(Cl)c(F)c6)cc(C(C)(C)C)c5o4)C(C)(C)C3=O)cn2)cc1. The van der Waals surface area contributed by atoms with Gasteiger partial charge in [-0.3, -0.25) is 14.3 Å². The number of furan rings is 1. The number of amides is 2. The van der Waals surface area contributed by atoms with E-state index in [2.05, 4.69) is 5.10 Å². The third-order valence-electron chi connectivity index (χ3n) is 8.38. The number of halogens is 2. The summed E-state index contributed by atoms with van der Waals surface area (Å²) in [7, 11) is 1.63. The summed E-state index contributed by atoms with van der Waals surface area (Å²) in [6.45, 7) is 10.7. The zero-order chi connectivity index (χ0) is 33.0. The smallest absolute Gasteiger partial charge is 0.290 e. The van der Waals surface area contributed by atoms with Gasteiger partial charge in [0, 0.05) is 36.5 Å². The summed E-state index contributed by atoms with van der Waals surface area (Å²) in [5.41, 5.74) is 3.00. The molecule has 5 aromatic rings. The average molecular weight is 644 g/mol. The molecule has 0 unspecified atom stereocenters. The van der Waals surface area contributed by atoms with Gasteiger partial charge in [0.25, 0.3) is 11.8 Å². The molecule has 2 aromatic carbocycles. The fourth-order valence-corrected chi connectivity index (χ4v) is 5.86. The first-order chi connectivity index (χ1) is 21.8. The molecule has 0 N–H and O–H groups in total. The number of hydrogen-bond acceptors (Lipinski definition) is 6. The second-order valence-corrected chi connectivity index (χ2v) is 13.4. The lowest BCUT2D eigenvalue weighted by Crippen LogP contribution is -2.64. The van der Waals surface area contributed by atoms with E-state index in [9.17, 15) is 14.0 Å². The number of hydrogen-bond donors (Lipinski definition) is 0. The Morgan fingerprint density at radius 1 is 1.09 bits per heavy atom. The van der Waals surface area contributed by atoms with Crippen LogP contribution in [0.2, 0.25) is 5.02 Å². The lowest BCUT2D eigenvalue weighted by atomic mass is 9.86. The van der Waals surface area contributed by atoms with Gasteiger partial charge in [0.2, 0.25) is 0 Å². The van der Waals surface area contributed by atoms with Crippen LogP contribution in [-0.2, 0) is 16.8 Å². The number of carbonyl (C=O) groups is 2. The van der Waals surface area contributed by atoms with Crippen LogP contribution in [-0.4, -0.2) is 57.2 Å². The van der Waals surface area contributed by atoms with E-state index in [0.717, 1.165) is 16.9 Å². The molecule has 0 atom stereocenters. The molecule has 1 fully saturated rings. The maximum absolute atomic E-state index is 14.3. The van der Waals surface area contributed by atoms with Crippen LogP contribution in [0.1, 0.15) is 56.3 Å². The number of aromatic nitrogens is 3. The van der Waals surface area contributed by atoms with Gasteiger partial charge in [-0.2, -0.15) is 5.10 Å². The van der Waals surface area contributed by atoms with Gasteiger partial charge in [-0.1, -0.05) is 50.6 Å². The lowest BCUT2D eigenvalue weighted by Gasteiger charge is -2.45. The molecule has 0 aliphatic carbocycles. The van der Waals surface area contributed by atoms with Crippen molar-refractivity contribution in [1.29, 1.82) is 0 Å². The topological polar surface area (TPSA) is 93.7 Å². The van der Waals surface area contributed by atoms with Crippen LogP contribution >= 0.6 is 11.6 Å². The fourth-order valence-electron chi connectivity index (χ4n) is 5.75. The Labute approximate surface area is 271 Å². The van der Waals surface area contributed by atoms with Crippen molar-refractivity contribution < 1.29 is 23.1 Å². The molecule has 238 valence electrons. The van der Waals surface area contributed by atoms with Gasteiger partial charge in [-0.15, -0.1) is 0 Å². The number of anilines is 1. The van der Waals surface area contributed by atoms with Crippen molar-refractivity contribution in [1.82, 2.24) is 19.7 Å². The van der Waals surface area contributed by atoms with Crippen molar-refractivity contribution in [2.75, 3.05) is 25.1 Å². The Bertz CT molecular complexity index is 1960. The second-order valence-electron chi connectivity index (χ2n) is 13.0. The minimum Gasteiger partial charge on any atom is -0.497 e. The maximum atomic E-state index is 14.3. The second kappa shape index (κ2) is 11.6. The van der Waals surface area contributed by atoms with E-state index in [-0.39, 0.29) is 28.6 Å². The molecule has 0 bridgehead atoms. The molecule has 1 saturated heterocycles. The number of fused-ring (bicyclic) bond motifs is 1. The summed E-state index contributed by atoms with van der Waals surface area (Å²) in [5.74, 6) is -0.331. The van der Waals surface area contributed by atoms with Gasteiger partial charge >= 0.3 is 0 Å². The van der Waals surface area contributed by atoms with Crippen molar-refractivity contribution in [3.8, 4) is 17.0 Å². The molecular formula is C35H35ClFN5O4. The van der Waals surface area contributed by atoms with Crippen molar-refractivity contribution in [2.45, 2.75) is 52.1 Å². The fraction of sp³-hybridized carbons (Fsp3) is 0.314. The van der Waals surface area contributed by atoms with E-state index >= 15 is 0 Å². The number of carbonyl (C=O) groups excluding carboxylic acids is 2. The molecule has 1 aliphatic rings.